The standard InChI is InChI=1S/C18H29N3O2/c1-15(23)19-8-9-21-13-17(7-10-22)11-18(14-21)20-12-16-5-3-2-4-6-16/h2-6,17-18,20,22H,7-14H2,1H3,(H,19,23). The summed E-state index contributed by atoms with van der Waals surface area (Å²) < 4.78 is 0. The molecule has 0 saturated carbocycles. The zero-order chi connectivity index (χ0) is 16.5. The summed E-state index contributed by atoms with van der Waals surface area (Å²) in [6.45, 7) is 6.22. The number of nitrogens with zero attached hydrogens (tertiary/aromatic N) is 1. The average molecular weight is 319 g/mol. The van der Waals surface area contributed by atoms with E-state index in [-0.39, 0.29) is 12.5 Å². The van der Waals surface area contributed by atoms with Crippen LogP contribution in [0.4, 0.5) is 0 Å². The van der Waals surface area contributed by atoms with Crippen molar-refractivity contribution in [3.05, 3.63) is 35.9 Å². The first-order valence-corrected chi connectivity index (χ1v) is 8.52. The molecule has 128 valence electrons. The second-order valence-electron chi connectivity index (χ2n) is 6.42. The lowest BCUT2D eigenvalue weighted by Crippen LogP contribution is -2.50. The van der Waals surface area contributed by atoms with Gasteiger partial charge in [0.2, 0.25) is 5.91 Å². The first kappa shape index (κ1) is 17.9. The summed E-state index contributed by atoms with van der Waals surface area (Å²) in [4.78, 5) is 13.4. The molecule has 1 heterocycles. The smallest absolute Gasteiger partial charge is 0.216 e. The Labute approximate surface area is 139 Å². The molecular formula is C18H29N3O2. The largest absolute Gasteiger partial charge is 0.396 e. The number of piperidine rings is 1. The van der Waals surface area contributed by atoms with E-state index in [9.17, 15) is 9.90 Å². The van der Waals surface area contributed by atoms with Gasteiger partial charge in [0.05, 0.1) is 0 Å². The van der Waals surface area contributed by atoms with Crippen LogP contribution in [0.1, 0.15) is 25.3 Å². The van der Waals surface area contributed by atoms with Crippen molar-refractivity contribution in [3.63, 3.8) is 0 Å². The van der Waals surface area contributed by atoms with Gasteiger partial charge in [-0.25, -0.2) is 0 Å². The van der Waals surface area contributed by atoms with Gasteiger partial charge >= 0.3 is 0 Å². The molecule has 2 atom stereocenters. The highest BCUT2D eigenvalue weighted by Crippen LogP contribution is 2.20. The third-order valence-electron chi connectivity index (χ3n) is 4.39. The second-order valence-corrected chi connectivity index (χ2v) is 6.42. The van der Waals surface area contributed by atoms with Crippen LogP contribution >= 0.6 is 0 Å². The minimum absolute atomic E-state index is 0.0210. The molecule has 0 spiro atoms. The first-order chi connectivity index (χ1) is 11.2. The lowest BCUT2D eigenvalue weighted by molar-refractivity contribution is -0.119. The zero-order valence-corrected chi connectivity index (χ0v) is 14.0. The molecule has 2 rings (SSSR count). The number of carbonyl (C=O) groups excluding carboxylic acids is 1. The molecule has 1 aromatic carbocycles. The van der Waals surface area contributed by atoms with Crippen molar-refractivity contribution in [1.29, 1.82) is 0 Å². The highest BCUT2D eigenvalue weighted by atomic mass is 16.3. The van der Waals surface area contributed by atoms with Crippen molar-refractivity contribution in [2.45, 2.75) is 32.4 Å². The molecule has 0 bridgehead atoms. The van der Waals surface area contributed by atoms with Crippen LogP contribution in [-0.4, -0.2) is 54.7 Å². The number of nitrogens with one attached hydrogen (secondary N) is 2. The molecule has 1 aromatic rings. The number of benzene rings is 1. The molecule has 2 unspecified atom stereocenters. The summed E-state index contributed by atoms with van der Waals surface area (Å²) in [5, 5.41) is 15.8. The van der Waals surface area contributed by atoms with E-state index >= 15 is 0 Å². The zero-order valence-electron chi connectivity index (χ0n) is 14.0. The van der Waals surface area contributed by atoms with E-state index in [0.717, 1.165) is 39.0 Å². The van der Waals surface area contributed by atoms with Crippen molar-refractivity contribution in [3.8, 4) is 0 Å². The minimum Gasteiger partial charge on any atom is -0.396 e. The number of carbonyl (C=O) groups is 1. The molecule has 0 aliphatic carbocycles. The molecule has 1 aliphatic rings. The highest BCUT2D eigenvalue weighted by molar-refractivity contribution is 5.72. The normalized spacial score (nSPS) is 22.0. The molecule has 1 saturated heterocycles. The van der Waals surface area contributed by atoms with Crippen LogP contribution < -0.4 is 10.6 Å². The van der Waals surface area contributed by atoms with Crippen LogP contribution in [0, 0.1) is 5.92 Å². The van der Waals surface area contributed by atoms with Gasteiger partial charge in [0.1, 0.15) is 0 Å². The topological polar surface area (TPSA) is 64.6 Å². The van der Waals surface area contributed by atoms with Crippen LogP contribution in [-0.2, 0) is 11.3 Å². The van der Waals surface area contributed by atoms with E-state index < -0.39 is 0 Å². The maximum absolute atomic E-state index is 11.0. The summed E-state index contributed by atoms with van der Waals surface area (Å²) in [6.07, 6.45) is 1.95. The molecule has 1 amide bonds. The molecule has 23 heavy (non-hydrogen) atoms. The van der Waals surface area contributed by atoms with Crippen LogP contribution in [0.15, 0.2) is 30.3 Å². The van der Waals surface area contributed by atoms with Crippen molar-refractivity contribution in [2.24, 2.45) is 5.92 Å². The Bertz CT molecular complexity index is 467. The van der Waals surface area contributed by atoms with Gasteiger partial charge in [0, 0.05) is 52.3 Å². The predicted octanol–water partition coefficient (Wildman–Crippen LogP) is 0.985. The lowest BCUT2D eigenvalue weighted by atomic mass is 9.91. The number of amides is 1. The molecule has 5 nitrogen and oxygen atoms in total. The van der Waals surface area contributed by atoms with Gasteiger partial charge in [0.25, 0.3) is 0 Å². The maximum Gasteiger partial charge on any atom is 0.216 e. The van der Waals surface area contributed by atoms with Gasteiger partial charge in [0.15, 0.2) is 0 Å². The number of rotatable bonds is 8. The monoisotopic (exact) mass is 319 g/mol. The molecule has 1 aliphatic heterocycles. The molecule has 0 aromatic heterocycles. The molecular weight excluding hydrogens is 290 g/mol. The van der Waals surface area contributed by atoms with Crippen molar-refractivity contribution >= 4 is 5.91 Å². The number of aliphatic hydroxyl groups is 1. The third kappa shape index (κ3) is 6.69. The molecule has 1 fully saturated rings. The quantitative estimate of drug-likeness (QED) is 0.668. The number of hydrogen-bond acceptors (Lipinski definition) is 4. The third-order valence-corrected chi connectivity index (χ3v) is 4.39. The van der Waals surface area contributed by atoms with E-state index in [1.807, 2.05) is 6.07 Å². The van der Waals surface area contributed by atoms with E-state index in [4.69, 9.17) is 0 Å². The van der Waals surface area contributed by atoms with Crippen LogP contribution in [0.25, 0.3) is 0 Å². The number of hydrogen-bond donors (Lipinski definition) is 3. The van der Waals surface area contributed by atoms with Gasteiger partial charge in [-0.05, 0) is 24.3 Å². The Morgan fingerprint density at radius 3 is 2.78 bits per heavy atom. The summed E-state index contributed by atoms with van der Waals surface area (Å²) in [5.74, 6) is 0.534. The van der Waals surface area contributed by atoms with Crippen molar-refractivity contribution in [1.82, 2.24) is 15.5 Å². The molecule has 3 N–H and O–H groups in total. The molecule has 0 radical (unpaired) electrons. The van der Waals surface area contributed by atoms with Crippen molar-refractivity contribution < 1.29 is 9.90 Å². The fourth-order valence-electron chi connectivity index (χ4n) is 3.27. The van der Waals surface area contributed by atoms with E-state index in [2.05, 4.69) is 39.8 Å². The van der Waals surface area contributed by atoms with Gasteiger partial charge in [-0.2, -0.15) is 0 Å². The average Bonchev–Trinajstić information content (AvgIpc) is 2.54. The number of likely N-dealkylation sites (tertiary alicyclic amines) is 1. The summed E-state index contributed by atoms with van der Waals surface area (Å²) >= 11 is 0. The SMILES string of the molecule is CC(=O)NCCN1CC(CCO)CC(NCc2ccccc2)C1. The Balaban J connectivity index is 1.83. The predicted molar refractivity (Wildman–Crippen MR) is 92.0 cm³/mol. The van der Waals surface area contributed by atoms with Gasteiger partial charge in [-0.3, -0.25) is 9.69 Å². The van der Waals surface area contributed by atoms with E-state index in [1.54, 1.807) is 6.92 Å². The summed E-state index contributed by atoms with van der Waals surface area (Å²) in [7, 11) is 0. The second kappa shape index (κ2) is 9.65. The fourth-order valence-corrected chi connectivity index (χ4v) is 3.27. The summed E-state index contributed by atoms with van der Waals surface area (Å²) in [5.41, 5.74) is 1.29. The Morgan fingerprint density at radius 2 is 2.09 bits per heavy atom. The highest BCUT2D eigenvalue weighted by Gasteiger charge is 2.26. The van der Waals surface area contributed by atoms with Crippen LogP contribution in [0.2, 0.25) is 0 Å². The summed E-state index contributed by atoms with van der Waals surface area (Å²) in [6, 6.07) is 10.9. The van der Waals surface area contributed by atoms with Crippen molar-refractivity contribution in [2.75, 3.05) is 32.8 Å². The van der Waals surface area contributed by atoms with Crippen LogP contribution in [0.3, 0.4) is 0 Å². The Kier molecular flexibility index (Phi) is 7.52. The maximum atomic E-state index is 11.0. The number of aliphatic hydroxyl groups excluding tert-OH is 1. The van der Waals surface area contributed by atoms with E-state index in [0.29, 0.717) is 18.5 Å². The van der Waals surface area contributed by atoms with Gasteiger partial charge in [-0.15, -0.1) is 0 Å². The van der Waals surface area contributed by atoms with Gasteiger partial charge in [-0.1, -0.05) is 30.3 Å². The first-order valence-electron chi connectivity index (χ1n) is 8.52. The minimum atomic E-state index is 0.0210. The van der Waals surface area contributed by atoms with Crippen LogP contribution in [0.5, 0.6) is 0 Å². The Morgan fingerprint density at radius 1 is 1.30 bits per heavy atom. The molecule has 5 heteroatoms. The fraction of sp³-hybridized carbons (Fsp3) is 0.611. The Hall–Kier alpha value is -1.43. The van der Waals surface area contributed by atoms with Gasteiger partial charge < -0.3 is 15.7 Å². The lowest BCUT2D eigenvalue weighted by Gasteiger charge is -2.38. The van der Waals surface area contributed by atoms with E-state index in [1.165, 1.54) is 5.56 Å².